The lowest BCUT2D eigenvalue weighted by Crippen LogP contribution is -2.45. The molecule has 0 unspecified atom stereocenters. The minimum Gasteiger partial charge on any atom is -0.295 e. The summed E-state index contributed by atoms with van der Waals surface area (Å²) in [7, 11) is 0. The Labute approximate surface area is 153 Å². The second kappa shape index (κ2) is 6.39. The molecule has 1 aromatic heterocycles. The Kier molecular flexibility index (Phi) is 4.46. The highest BCUT2D eigenvalue weighted by molar-refractivity contribution is 9.13. The summed E-state index contributed by atoms with van der Waals surface area (Å²) in [5, 5.41) is 0. The lowest BCUT2D eigenvalue weighted by Gasteiger charge is -2.42. The molecule has 1 nitrogen and oxygen atoms in total. The fraction of sp³-hybridized carbons (Fsp3) is 0.444. The van der Waals surface area contributed by atoms with Crippen molar-refractivity contribution in [2.75, 3.05) is 6.54 Å². The van der Waals surface area contributed by atoms with Crippen LogP contribution in [-0.2, 0) is 19.4 Å². The fourth-order valence-corrected chi connectivity index (χ4v) is 6.17. The molecule has 2 aromatic rings. The molecule has 2 bridgehead atoms. The van der Waals surface area contributed by atoms with Crippen LogP contribution in [0.15, 0.2) is 38.6 Å². The minimum absolute atomic E-state index is 0.706. The molecule has 0 amide bonds. The van der Waals surface area contributed by atoms with E-state index in [1.54, 1.807) is 11.1 Å². The van der Waals surface area contributed by atoms with Gasteiger partial charge in [0.15, 0.2) is 0 Å². The predicted molar refractivity (Wildman–Crippen MR) is 100 cm³/mol. The summed E-state index contributed by atoms with van der Waals surface area (Å²) in [4.78, 5) is 4.19. The highest BCUT2D eigenvalue weighted by atomic mass is 79.9. The standard InChI is InChI=1S/C18H19Br2NS/c19-17-9-16(22-18(17)20)11-21-10-12-5-6-15(21)8-14-4-2-1-3-13(14)7-12/h1-4,9,12,15H,5-8,10-11H2/t12-,15-/m1/s1. The average Bonchev–Trinajstić information content (AvgIpc) is 2.78. The SMILES string of the molecule is Brc1cc(CN2C[C@@H]3CC[C@@H]2Cc2ccccc2C3)sc1Br. The van der Waals surface area contributed by atoms with E-state index < -0.39 is 0 Å². The second-order valence-electron chi connectivity index (χ2n) is 6.54. The zero-order valence-electron chi connectivity index (χ0n) is 12.4. The Hall–Kier alpha value is -0.160. The monoisotopic (exact) mass is 439 g/mol. The molecular weight excluding hydrogens is 422 g/mol. The molecule has 0 spiro atoms. The summed E-state index contributed by atoms with van der Waals surface area (Å²) in [5.41, 5.74) is 3.17. The summed E-state index contributed by atoms with van der Waals surface area (Å²) < 4.78 is 2.40. The zero-order chi connectivity index (χ0) is 15.1. The minimum atomic E-state index is 0.706. The topological polar surface area (TPSA) is 3.24 Å². The first-order valence-electron chi connectivity index (χ1n) is 7.93. The van der Waals surface area contributed by atoms with Crippen LogP contribution in [0.2, 0.25) is 0 Å². The quantitative estimate of drug-likeness (QED) is 0.582. The van der Waals surface area contributed by atoms with Gasteiger partial charge in [-0.15, -0.1) is 11.3 Å². The van der Waals surface area contributed by atoms with E-state index in [9.17, 15) is 0 Å². The van der Waals surface area contributed by atoms with Crippen LogP contribution in [0.5, 0.6) is 0 Å². The van der Waals surface area contributed by atoms with Crippen LogP contribution >= 0.6 is 43.2 Å². The van der Waals surface area contributed by atoms with Crippen LogP contribution in [-0.4, -0.2) is 17.5 Å². The largest absolute Gasteiger partial charge is 0.295 e. The molecule has 2 aliphatic heterocycles. The van der Waals surface area contributed by atoms with E-state index in [4.69, 9.17) is 0 Å². The van der Waals surface area contributed by atoms with Crippen molar-refractivity contribution in [2.45, 2.75) is 38.3 Å². The molecule has 0 N–H and O–H groups in total. The van der Waals surface area contributed by atoms with Crippen LogP contribution in [0.4, 0.5) is 0 Å². The molecule has 1 aliphatic carbocycles. The number of hydrogen-bond donors (Lipinski definition) is 0. The van der Waals surface area contributed by atoms with E-state index in [1.165, 1.54) is 45.4 Å². The van der Waals surface area contributed by atoms with E-state index in [2.05, 4.69) is 67.1 Å². The maximum absolute atomic E-state index is 3.62. The van der Waals surface area contributed by atoms with Gasteiger partial charge in [0, 0.05) is 28.5 Å². The van der Waals surface area contributed by atoms with Gasteiger partial charge in [-0.25, -0.2) is 0 Å². The summed E-state index contributed by atoms with van der Waals surface area (Å²) in [6.07, 6.45) is 5.23. The number of nitrogens with zero attached hydrogens (tertiary/aromatic N) is 1. The molecule has 1 saturated heterocycles. The summed E-state index contributed by atoms with van der Waals surface area (Å²) in [6, 6.07) is 12.1. The normalized spacial score (nSPS) is 24.8. The molecule has 3 aliphatic rings. The predicted octanol–water partition coefficient (Wildman–Crippen LogP) is 5.65. The van der Waals surface area contributed by atoms with Crippen molar-refractivity contribution in [2.24, 2.45) is 5.92 Å². The van der Waals surface area contributed by atoms with E-state index in [0.29, 0.717) is 6.04 Å². The van der Waals surface area contributed by atoms with Crippen LogP contribution < -0.4 is 0 Å². The van der Waals surface area contributed by atoms with Gasteiger partial charge in [0.2, 0.25) is 0 Å². The van der Waals surface area contributed by atoms with Crippen molar-refractivity contribution in [1.82, 2.24) is 4.90 Å². The van der Waals surface area contributed by atoms with Crippen LogP contribution in [0.25, 0.3) is 0 Å². The summed E-state index contributed by atoms with van der Waals surface area (Å²) in [5.74, 6) is 0.824. The lowest BCUT2D eigenvalue weighted by molar-refractivity contribution is 0.0948. The maximum atomic E-state index is 3.62. The molecule has 2 atom stereocenters. The number of fused-ring (bicyclic) bond motifs is 2. The molecule has 5 rings (SSSR count). The molecule has 0 radical (unpaired) electrons. The highest BCUT2D eigenvalue weighted by Crippen LogP contribution is 2.36. The van der Waals surface area contributed by atoms with Crippen molar-refractivity contribution in [3.8, 4) is 0 Å². The number of hydrogen-bond acceptors (Lipinski definition) is 2. The Morgan fingerprint density at radius 3 is 2.59 bits per heavy atom. The Morgan fingerprint density at radius 1 is 1.09 bits per heavy atom. The van der Waals surface area contributed by atoms with Gasteiger partial charge in [0.1, 0.15) is 0 Å². The molecule has 3 heterocycles. The Bertz CT molecular complexity index is 662. The van der Waals surface area contributed by atoms with E-state index in [0.717, 1.165) is 12.5 Å². The smallest absolute Gasteiger partial charge is 0.0843 e. The van der Waals surface area contributed by atoms with Gasteiger partial charge < -0.3 is 0 Å². The van der Waals surface area contributed by atoms with Gasteiger partial charge >= 0.3 is 0 Å². The van der Waals surface area contributed by atoms with E-state index >= 15 is 0 Å². The van der Waals surface area contributed by atoms with Crippen LogP contribution in [0, 0.1) is 5.92 Å². The fourth-order valence-electron chi connectivity index (χ4n) is 3.96. The van der Waals surface area contributed by atoms with Crippen molar-refractivity contribution in [1.29, 1.82) is 0 Å². The van der Waals surface area contributed by atoms with Gasteiger partial charge in [0.25, 0.3) is 0 Å². The average molecular weight is 441 g/mol. The number of rotatable bonds is 2. The maximum Gasteiger partial charge on any atom is 0.0843 e. The van der Waals surface area contributed by atoms with Crippen molar-refractivity contribution >= 4 is 43.2 Å². The molecule has 4 heteroatoms. The first kappa shape index (κ1) is 15.4. The molecule has 22 heavy (non-hydrogen) atoms. The molecule has 0 saturated carbocycles. The Balaban J connectivity index is 1.58. The summed E-state index contributed by atoms with van der Waals surface area (Å²) >= 11 is 9.10. The molecule has 1 aromatic carbocycles. The first-order valence-corrected chi connectivity index (χ1v) is 10.3. The van der Waals surface area contributed by atoms with Crippen LogP contribution in [0.3, 0.4) is 0 Å². The molecule has 1 fully saturated rings. The van der Waals surface area contributed by atoms with Gasteiger partial charge in [-0.2, -0.15) is 0 Å². The van der Waals surface area contributed by atoms with Crippen molar-refractivity contribution < 1.29 is 0 Å². The zero-order valence-corrected chi connectivity index (χ0v) is 16.4. The van der Waals surface area contributed by atoms with Crippen LogP contribution in [0.1, 0.15) is 28.8 Å². The van der Waals surface area contributed by atoms with Gasteiger partial charge in [-0.3, -0.25) is 4.90 Å². The van der Waals surface area contributed by atoms with Crippen molar-refractivity contribution in [3.05, 3.63) is 54.6 Å². The first-order chi connectivity index (χ1) is 10.7. The third-order valence-electron chi connectivity index (χ3n) is 5.05. The number of piperidine rings is 1. The number of thiophene rings is 1. The van der Waals surface area contributed by atoms with Gasteiger partial charge in [-0.1, -0.05) is 24.3 Å². The van der Waals surface area contributed by atoms with Gasteiger partial charge in [0.05, 0.1) is 3.79 Å². The van der Waals surface area contributed by atoms with Crippen molar-refractivity contribution in [3.63, 3.8) is 0 Å². The van der Waals surface area contributed by atoms with E-state index in [1.807, 2.05) is 11.3 Å². The molecule has 116 valence electrons. The summed E-state index contributed by atoms with van der Waals surface area (Å²) in [6.45, 7) is 2.35. The number of halogens is 2. The third-order valence-corrected chi connectivity index (χ3v) is 8.30. The molecular formula is C18H19Br2NS. The second-order valence-corrected chi connectivity index (χ2v) is 9.85. The highest BCUT2D eigenvalue weighted by Gasteiger charge is 2.32. The third kappa shape index (κ3) is 3.08. The van der Waals surface area contributed by atoms with Gasteiger partial charge in [-0.05, 0) is 80.7 Å². The Morgan fingerprint density at radius 2 is 1.86 bits per heavy atom. The van der Waals surface area contributed by atoms with E-state index in [-0.39, 0.29) is 0 Å². The lowest BCUT2D eigenvalue weighted by atomic mass is 9.80. The number of benzene rings is 1.